The normalized spacial score (nSPS) is 11.3. The van der Waals surface area contributed by atoms with Gasteiger partial charge in [-0.2, -0.15) is 4.98 Å². The van der Waals surface area contributed by atoms with E-state index in [2.05, 4.69) is 38.9 Å². The van der Waals surface area contributed by atoms with Crippen LogP contribution in [0.4, 0.5) is 4.39 Å². The molecule has 6 nitrogen and oxygen atoms in total. The first-order valence-corrected chi connectivity index (χ1v) is 9.78. The molecule has 4 aromatic rings. The molecule has 0 spiro atoms. The molecule has 0 amide bonds. The van der Waals surface area contributed by atoms with E-state index in [0.29, 0.717) is 34.0 Å². The lowest BCUT2D eigenvalue weighted by Gasteiger charge is -2.04. The van der Waals surface area contributed by atoms with Gasteiger partial charge in [0.2, 0.25) is 11.7 Å². The number of H-pyrrole nitrogens is 1. The number of imidazole rings is 1. The molecule has 29 heavy (non-hydrogen) atoms. The maximum absolute atomic E-state index is 14.1. The molecule has 1 N–H and O–H groups in total. The third-order valence-electron chi connectivity index (χ3n) is 4.86. The second-order valence-corrected chi connectivity index (χ2v) is 7.05. The third kappa shape index (κ3) is 3.78. The van der Waals surface area contributed by atoms with Crippen LogP contribution in [0.3, 0.4) is 0 Å². The second kappa shape index (κ2) is 8.13. The maximum Gasteiger partial charge on any atom is 0.230 e. The topological polar surface area (TPSA) is 80.5 Å². The summed E-state index contributed by atoms with van der Waals surface area (Å²) in [5.74, 6) is 1.28. The van der Waals surface area contributed by atoms with E-state index >= 15 is 0 Å². The first-order valence-electron chi connectivity index (χ1n) is 9.40. The zero-order valence-corrected chi connectivity index (χ0v) is 16.7. The molecular weight excluding hydrogens is 393 g/mol. The number of nitrogens with zero attached hydrogens (tertiary/aromatic N) is 4. The highest BCUT2D eigenvalue weighted by Crippen LogP contribution is 2.30. The standard InChI is InChI=1S/C21H19ClFN5O/c1-3-12(4-2)21-27-19(28-29-21)16-9-8-13(10-24-16)17-11-25-20(26-17)18-14(22)6-5-7-15(18)23/h5-12H,3-4H2,1-2H3,(H,25,26). The Balaban J connectivity index is 1.59. The van der Waals surface area contributed by atoms with Gasteiger partial charge in [0, 0.05) is 17.7 Å². The van der Waals surface area contributed by atoms with Crippen molar-refractivity contribution in [1.29, 1.82) is 0 Å². The smallest absolute Gasteiger partial charge is 0.230 e. The lowest BCUT2D eigenvalue weighted by molar-refractivity contribution is 0.346. The molecule has 3 heterocycles. The average Bonchev–Trinajstić information content (AvgIpc) is 3.40. The van der Waals surface area contributed by atoms with Crippen molar-refractivity contribution in [3.63, 3.8) is 0 Å². The molecule has 0 unspecified atom stereocenters. The summed E-state index contributed by atoms with van der Waals surface area (Å²) in [5, 5.41) is 4.34. The number of rotatable bonds is 6. The van der Waals surface area contributed by atoms with Gasteiger partial charge in [-0.1, -0.05) is 36.7 Å². The van der Waals surface area contributed by atoms with E-state index in [9.17, 15) is 4.39 Å². The van der Waals surface area contributed by atoms with Crippen LogP contribution in [0.2, 0.25) is 5.02 Å². The Kier molecular flexibility index (Phi) is 5.40. The lowest BCUT2D eigenvalue weighted by Crippen LogP contribution is -1.95. The molecule has 1 aromatic carbocycles. The highest BCUT2D eigenvalue weighted by Gasteiger charge is 2.17. The van der Waals surface area contributed by atoms with Crippen molar-refractivity contribution in [2.24, 2.45) is 0 Å². The minimum Gasteiger partial charge on any atom is -0.339 e. The van der Waals surface area contributed by atoms with Gasteiger partial charge in [0.1, 0.15) is 17.3 Å². The van der Waals surface area contributed by atoms with Crippen LogP contribution >= 0.6 is 11.6 Å². The summed E-state index contributed by atoms with van der Waals surface area (Å²) in [7, 11) is 0. The van der Waals surface area contributed by atoms with E-state index in [1.165, 1.54) is 6.07 Å². The first-order chi connectivity index (χ1) is 14.1. The quantitative estimate of drug-likeness (QED) is 0.428. The Morgan fingerprint density at radius 2 is 1.93 bits per heavy atom. The molecular formula is C21H19ClFN5O. The van der Waals surface area contributed by atoms with Crippen LogP contribution in [-0.4, -0.2) is 25.1 Å². The van der Waals surface area contributed by atoms with Crippen LogP contribution in [0.15, 0.2) is 47.2 Å². The molecule has 0 aliphatic heterocycles. The largest absolute Gasteiger partial charge is 0.339 e. The molecule has 0 atom stereocenters. The van der Waals surface area contributed by atoms with E-state index in [-0.39, 0.29) is 11.5 Å². The molecule has 8 heteroatoms. The number of benzene rings is 1. The Hall–Kier alpha value is -3.06. The fourth-order valence-electron chi connectivity index (χ4n) is 3.15. The van der Waals surface area contributed by atoms with E-state index in [0.717, 1.165) is 18.4 Å². The van der Waals surface area contributed by atoms with E-state index in [1.54, 1.807) is 24.5 Å². The summed E-state index contributed by atoms with van der Waals surface area (Å²) >= 11 is 6.12. The first kappa shape index (κ1) is 19.3. The number of aromatic amines is 1. The number of hydrogen-bond acceptors (Lipinski definition) is 5. The Morgan fingerprint density at radius 1 is 1.10 bits per heavy atom. The molecule has 0 saturated heterocycles. The van der Waals surface area contributed by atoms with Gasteiger partial charge in [0.15, 0.2) is 0 Å². The summed E-state index contributed by atoms with van der Waals surface area (Å²) in [6.07, 6.45) is 5.19. The molecule has 0 radical (unpaired) electrons. The third-order valence-corrected chi connectivity index (χ3v) is 5.17. The molecule has 3 aromatic heterocycles. The van der Waals surface area contributed by atoms with Crippen molar-refractivity contribution in [3.8, 4) is 34.2 Å². The van der Waals surface area contributed by atoms with Crippen molar-refractivity contribution < 1.29 is 8.91 Å². The van der Waals surface area contributed by atoms with Crippen LogP contribution in [0.1, 0.15) is 38.5 Å². The number of halogens is 2. The molecule has 0 aliphatic carbocycles. The van der Waals surface area contributed by atoms with E-state index in [1.807, 2.05) is 12.1 Å². The lowest BCUT2D eigenvalue weighted by atomic mass is 10.0. The highest BCUT2D eigenvalue weighted by molar-refractivity contribution is 6.33. The molecule has 0 bridgehead atoms. The van der Waals surface area contributed by atoms with Crippen molar-refractivity contribution in [3.05, 3.63) is 59.5 Å². The summed E-state index contributed by atoms with van der Waals surface area (Å²) in [6, 6.07) is 8.21. The van der Waals surface area contributed by atoms with Gasteiger partial charge >= 0.3 is 0 Å². The number of hydrogen-bond donors (Lipinski definition) is 1. The summed E-state index contributed by atoms with van der Waals surface area (Å²) in [5.41, 5.74) is 2.35. The van der Waals surface area contributed by atoms with Crippen LogP contribution < -0.4 is 0 Å². The second-order valence-electron chi connectivity index (χ2n) is 6.64. The molecule has 148 valence electrons. The van der Waals surface area contributed by atoms with Crippen LogP contribution in [0, 0.1) is 5.82 Å². The zero-order chi connectivity index (χ0) is 20.4. The fraction of sp³-hybridized carbons (Fsp3) is 0.238. The molecule has 0 fully saturated rings. The van der Waals surface area contributed by atoms with Gasteiger partial charge in [-0.15, -0.1) is 0 Å². The minimum absolute atomic E-state index is 0.241. The number of nitrogens with one attached hydrogen (secondary N) is 1. The van der Waals surface area contributed by atoms with Gasteiger partial charge in [-0.25, -0.2) is 9.37 Å². The van der Waals surface area contributed by atoms with Crippen molar-refractivity contribution >= 4 is 11.6 Å². The van der Waals surface area contributed by atoms with Gasteiger partial charge in [-0.3, -0.25) is 4.98 Å². The SMILES string of the molecule is CCC(CC)c1nc(-c2ccc(-c3cnc(-c4c(F)cccc4Cl)[nH]3)cn2)no1. The molecule has 4 rings (SSSR count). The molecule has 0 saturated carbocycles. The van der Waals surface area contributed by atoms with Crippen molar-refractivity contribution in [2.45, 2.75) is 32.6 Å². The van der Waals surface area contributed by atoms with Gasteiger partial charge in [0.25, 0.3) is 0 Å². The number of pyridine rings is 1. The monoisotopic (exact) mass is 411 g/mol. The summed E-state index contributed by atoms with van der Waals surface area (Å²) < 4.78 is 19.5. The van der Waals surface area contributed by atoms with Gasteiger partial charge in [0.05, 0.1) is 22.5 Å². The van der Waals surface area contributed by atoms with Crippen molar-refractivity contribution in [1.82, 2.24) is 25.1 Å². The maximum atomic E-state index is 14.1. The predicted octanol–water partition coefficient (Wildman–Crippen LogP) is 5.88. The minimum atomic E-state index is -0.433. The fourth-order valence-corrected chi connectivity index (χ4v) is 3.40. The van der Waals surface area contributed by atoms with Gasteiger partial charge < -0.3 is 9.51 Å². The van der Waals surface area contributed by atoms with Crippen molar-refractivity contribution in [2.75, 3.05) is 0 Å². The highest BCUT2D eigenvalue weighted by atomic mass is 35.5. The summed E-state index contributed by atoms with van der Waals surface area (Å²) in [6.45, 7) is 4.19. The zero-order valence-electron chi connectivity index (χ0n) is 16.0. The Bertz CT molecular complexity index is 1100. The summed E-state index contributed by atoms with van der Waals surface area (Å²) in [4.78, 5) is 16.3. The molecule has 0 aliphatic rings. The van der Waals surface area contributed by atoms with Crippen LogP contribution in [0.25, 0.3) is 34.2 Å². The van der Waals surface area contributed by atoms with Gasteiger partial charge in [-0.05, 0) is 37.1 Å². The van der Waals surface area contributed by atoms with Crippen LogP contribution in [0.5, 0.6) is 0 Å². The van der Waals surface area contributed by atoms with E-state index < -0.39 is 5.82 Å². The number of aromatic nitrogens is 5. The predicted molar refractivity (Wildman–Crippen MR) is 109 cm³/mol. The van der Waals surface area contributed by atoms with Crippen LogP contribution in [-0.2, 0) is 0 Å². The Morgan fingerprint density at radius 3 is 2.62 bits per heavy atom. The van der Waals surface area contributed by atoms with E-state index in [4.69, 9.17) is 16.1 Å². The Labute approximate surface area is 172 Å². The average molecular weight is 412 g/mol.